The van der Waals surface area contributed by atoms with Gasteiger partial charge in [0.1, 0.15) is 0 Å². The van der Waals surface area contributed by atoms with Crippen LogP contribution in [-0.4, -0.2) is 46.6 Å². The molecule has 0 aromatic heterocycles. The van der Waals surface area contributed by atoms with Crippen molar-refractivity contribution in [1.29, 1.82) is 0 Å². The second-order valence-corrected chi connectivity index (χ2v) is 5.90. The summed E-state index contributed by atoms with van der Waals surface area (Å²) in [6.45, 7) is 3.80. The van der Waals surface area contributed by atoms with Crippen LogP contribution in [0.1, 0.15) is 19.8 Å². The lowest BCUT2D eigenvalue weighted by Crippen LogP contribution is -2.37. The van der Waals surface area contributed by atoms with Gasteiger partial charge in [-0.25, -0.2) is 0 Å². The molecule has 0 amide bonds. The number of rotatable bonds is 2. The zero-order valence-corrected chi connectivity index (χ0v) is 10.0. The molecule has 1 N–H and O–H groups in total. The molecule has 2 saturated heterocycles. The minimum Gasteiger partial charge on any atom is -0.481 e. The van der Waals surface area contributed by atoms with Crippen molar-refractivity contribution < 1.29 is 9.90 Å². The molecule has 0 bridgehead atoms. The third-order valence-electron chi connectivity index (χ3n) is 3.61. The van der Waals surface area contributed by atoms with E-state index in [1.807, 2.05) is 11.8 Å². The molecule has 3 atom stereocenters. The van der Waals surface area contributed by atoms with E-state index < -0.39 is 5.97 Å². The van der Waals surface area contributed by atoms with Gasteiger partial charge in [-0.2, -0.15) is 11.8 Å². The molecule has 0 aromatic carbocycles. The Morgan fingerprint density at radius 2 is 2.27 bits per heavy atom. The van der Waals surface area contributed by atoms with Gasteiger partial charge in [-0.1, -0.05) is 6.92 Å². The molecule has 4 heteroatoms. The van der Waals surface area contributed by atoms with Crippen molar-refractivity contribution in [3.8, 4) is 0 Å². The Bertz CT molecular complexity index is 241. The van der Waals surface area contributed by atoms with Crippen LogP contribution in [-0.2, 0) is 4.79 Å². The lowest BCUT2D eigenvalue weighted by molar-refractivity contribution is -0.142. The van der Waals surface area contributed by atoms with E-state index in [0.29, 0.717) is 12.0 Å². The van der Waals surface area contributed by atoms with Crippen molar-refractivity contribution in [1.82, 2.24) is 4.90 Å². The van der Waals surface area contributed by atoms with E-state index in [-0.39, 0.29) is 5.92 Å². The van der Waals surface area contributed by atoms with Crippen LogP contribution in [0.5, 0.6) is 0 Å². The molecule has 2 aliphatic heterocycles. The van der Waals surface area contributed by atoms with E-state index in [1.165, 1.54) is 24.3 Å². The summed E-state index contributed by atoms with van der Waals surface area (Å²) in [4.78, 5) is 13.4. The van der Waals surface area contributed by atoms with Crippen LogP contribution in [0.15, 0.2) is 0 Å². The number of thioether (sulfide) groups is 1. The van der Waals surface area contributed by atoms with Crippen molar-refractivity contribution in [2.45, 2.75) is 25.8 Å². The predicted molar refractivity (Wildman–Crippen MR) is 62.2 cm³/mol. The second-order valence-electron chi connectivity index (χ2n) is 4.75. The fraction of sp³-hybridized carbons (Fsp3) is 0.909. The smallest absolute Gasteiger partial charge is 0.308 e. The van der Waals surface area contributed by atoms with E-state index in [4.69, 9.17) is 5.11 Å². The SMILES string of the molecule is CC1CN(C2CCCSC2)CC1C(=O)O. The fourth-order valence-electron chi connectivity index (χ4n) is 2.64. The standard InChI is InChI=1S/C11H19NO2S/c1-8-5-12(6-10(8)11(13)14)9-3-2-4-15-7-9/h8-10H,2-7H2,1H3,(H,13,14). The first-order chi connectivity index (χ1) is 7.18. The van der Waals surface area contributed by atoms with Crippen LogP contribution in [0, 0.1) is 11.8 Å². The molecule has 0 aliphatic carbocycles. The van der Waals surface area contributed by atoms with Gasteiger partial charge in [0.25, 0.3) is 0 Å². The number of hydrogen-bond donors (Lipinski definition) is 1. The first kappa shape index (κ1) is 11.3. The molecular formula is C11H19NO2S. The highest BCUT2D eigenvalue weighted by Gasteiger charge is 2.37. The van der Waals surface area contributed by atoms with Gasteiger partial charge >= 0.3 is 5.97 Å². The normalized spacial score (nSPS) is 38.1. The molecule has 15 heavy (non-hydrogen) atoms. The van der Waals surface area contributed by atoms with Crippen molar-refractivity contribution in [2.75, 3.05) is 24.6 Å². The summed E-state index contributed by atoms with van der Waals surface area (Å²) in [5, 5.41) is 9.07. The number of hydrogen-bond acceptors (Lipinski definition) is 3. The van der Waals surface area contributed by atoms with Gasteiger partial charge in [-0.15, -0.1) is 0 Å². The molecule has 0 spiro atoms. The lowest BCUT2D eigenvalue weighted by atomic mass is 9.99. The van der Waals surface area contributed by atoms with Crippen LogP contribution in [0.2, 0.25) is 0 Å². The van der Waals surface area contributed by atoms with Gasteiger partial charge in [0.15, 0.2) is 0 Å². The van der Waals surface area contributed by atoms with E-state index in [0.717, 1.165) is 13.1 Å². The fourth-order valence-corrected chi connectivity index (χ4v) is 3.82. The quantitative estimate of drug-likeness (QED) is 0.779. The Labute approximate surface area is 95.2 Å². The van der Waals surface area contributed by atoms with E-state index in [2.05, 4.69) is 11.8 Å². The molecular weight excluding hydrogens is 210 g/mol. The van der Waals surface area contributed by atoms with Gasteiger partial charge < -0.3 is 5.11 Å². The Balaban J connectivity index is 1.92. The zero-order chi connectivity index (χ0) is 10.8. The third-order valence-corrected chi connectivity index (χ3v) is 4.81. The maximum atomic E-state index is 11.0. The highest BCUT2D eigenvalue weighted by molar-refractivity contribution is 7.99. The van der Waals surface area contributed by atoms with Crippen LogP contribution in [0.4, 0.5) is 0 Å². The summed E-state index contributed by atoms with van der Waals surface area (Å²) in [6, 6.07) is 0.635. The summed E-state index contributed by atoms with van der Waals surface area (Å²) < 4.78 is 0. The first-order valence-corrected chi connectivity index (χ1v) is 6.88. The molecule has 0 saturated carbocycles. The van der Waals surface area contributed by atoms with Crippen molar-refractivity contribution >= 4 is 17.7 Å². The predicted octanol–water partition coefficient (Wildman–Crippen LogP) is 1.53. The minimum absolute atomic E-state index is 0.142. The van der Waals surface area contributed by atoms with Crippen molar-refractivity contribution in [3.05, 3.63) is 0 Å². The average molecular weight is 229 g/mol. The van der Waals surface area contributed by atoms with Gasteiger partial charge in [-0.05, 0) is 24.5 Å². The Morgan fingerprint density at radius 1 is 1.47 bits per heavy atom. The molecule has 2 heterocycles. The number of nitrogens with zero attached hydrogens (tertiary/aromatic N) is 1. The molecule has 86 valence electrons. The number of aliphatic carboxylic acids is 1. The topological polar surface area (TPSA) is 40.5 Å². The molecule has 3 unspecified atom stereocenters. The summed E-state index contributed by atoms with van der Waals surface area (Å²) in [5.74, 6) is 2.03. The van der Waals surface area contributed by atoms with E-state index in [9.17, 15) is 4.79 Å². The molecule has 2 rings (SSSR count). The van der Waals surface area contributed by atoms with Gasteiger partial charge in [0.05, 0.1) is 5.92 Å². The first-order valence-electron chi connectivity index (χ1n) is 5.73. The van der Waals surface area contributed by atoms with Crippen LogP contribution in [0.25, 0.3) is 0 Å². The monoisotopic (exact) mass is 229 g/mol. The Hall–Kier alpha value is -0.220. The maximum Gasteiger partial charge on any atom is 0.308 e. The number of carboxylic acids is 1. The molecule has 2 aliphatic rings. The maximum absolute atomic E-state index is 11.0. The second kappa shape index (κ2) is 4.74. The zero-order valence-electron chi connectivity index (χ0n) is 9.19. The average Bonchev–Trinajstić information content (AvgIpc) is 2.62. The Morgan fingerprint density at radius 3 is 2.80 bits per heavy atom. The van der Waals surface area contributed by atoms with Gasteiger partial charge in [0.2, 0.25) is 0 Å². The number of carboxylic acid groups (broad SMARTS) is 1. The van der Waals surface area contributed by atoms with Gasteiger partial charge in [0, 0.05) is 24.9 Å². The van der Waals surface area contributed by atoms with E-state index in [1.54, 1.807) is 0 Å². The third kappa shape index (κ3) is 2.48. The number of likely N-dealkylation sites (tertiary alicyclic amines) is 1. The molecule has 3 nitrogen and oxygen atoms in total. The van der Waals surface area contributed by atoms with Crippen LogP contribution < -0.4 is 0 Å². The van der Waals surface area contributed by atoms with Crippen molar-refractivity contribution in [2.24, 2.45) is 11.8 Å². The van der Waals surface area contributed by atoms with Crippen molar-refractivity contribution in [3.63, 3.8) is 0 Å². The van der Waals surface area contributed by atoms with Crippen LogP contribution >= 0.6 is 11.8 Å². The Kier molecular flexibility index (Phi) is 3.57. The lowest BCUT2D eigenvalue weighted by Gasteiger charge is -2.30. The highest BCUT2D eigenvalue weighted by atomic mass is 32.2. The minimum atomic E-state index is -0.617. The summed E-state index contributed by atoms with van der Waals surface area (Å²) in [6.07, 6.45) is 2.55. The van der Waals surface area contributed by atoms with Crippen LogP contribution in [0.3, 0.4) is 0 Å². The summed E-state index contributed by atoms with van der Waals surface area (Å²) in [5.41, 5.74) is 0. The largest absolute Gasteiger partial charge is 0.481 e. The van der Waals surface area contributed by atoms with Gasteiger partial charge in [-0.3, -0.25) is 9.69 Å². The summed E-state index contributed by atoms with van der Waals surface area (Å²) >= 11 is 2.01. The molecule has 0 aromatic rings. The number of carbonyl (C=O) groups is 1. The summed E-state index contributed by atoms with van der Waals surface area (Å²) in [7, 11) is 0. The highest BCUT2D eigenvalue weighted by Crippen LogP contribution is 2.29. The molecule has 2 fully saturated rings. The molecule has 0 radical (unpaired) electrons. The van der Waals surface area contributed by atoms with E-state index >= 15 is 0 Å².